The number of thioether (sulfide) groups is 1. The molecule has 1 fully saturated rings. The van der Waals surface area contributed by atoms with Crippen molar-refractivity contribution in [3.05, 3.63) is 35.4 Å². The van der Waals surface area contributed by atoms with E-state index in [1.165, 1.54) is 30.0 Å². The van der Waals surface area contributed by atoms with Gasteiger partial charge in [-0.2, -0.15) is 11.8 Å². The minimum absolute atomic E-state index is 0.176. The summed E-state index contributed by atoms with van der Waals surface area (Å²) in [5.41, 5.74) is 2.97. The molecule has 1 saturated heterocycles. The van der Waals surface area contributed by atoms with Crippen LogP contribution >= 0.6 is 11.8 Å². The Hall–Kier alpha value is -0.510. The molecule has 0 atom stereocenters. The summed E-state index contributed by atoms with van der Waals surface area (Å²) in [5.74, 6) is 1.25. The molecule has 0 saturated carbocycles. The lowest BCUT2D eigenvalue weighted by atomic mass is 10.1. The van der Waals surface area contributed by atoms with Gasteiger partial charge in [0.25, 0.3) is 0 Å². The highest BCUT2D eigenvalue weighted by atomic mass is 32.2. The fourth-order valence-electron chi connectivity index (χ4n) is 2.64. The van der Waals surface area contributed by atoms with Crippen molar-refractivity contribution in [1.82, 2.24) is 10.2 Å². The van der Waals surface area contributed by atoms with Gasteiger partial charge < -0.3 is 5.32 Å². The zero-order valence-electron chi connectivity index (χ0n) is 14.2. The monoisotopic (exact) mass is 306 g/mol. The highest BCUT2D eigenvalue weighted by Gasteiger charge is 2.26. The normalized spacial score (nSPS) is 19.7. The standard InChI is InChI=1S/C18H30N2S/c1-17(2,3)19-12-15-6-8-16(9-7-15)13-20-10-11-21-18(4,5)14-20/h6-9,19H,10-14H2,1-5H3. The molecule has 1 heterocycles. The molecular weight excluding hydrogens is 276 g/mol. The van der Waals surface area contributed by atoms with Crippen molar-refractivity contribution in [2.75, 3.05) is 18.8 Å². The van der Waals surface area contributed by atoms with Crippen LogP contribution in [-0.4, -0.2) is 34.0 Å². The Kier molecular flexibility index (Phi) is 5.39. The van der Waals surface area contributed by atoms with Gasteiger partial charge in [0, 0.05) is 42.2 Å². The van der Waals surface area contributed by atoms with E-state index in [2.05, 4.69) is 80.9 Å². The van der Waals surface area contributed by atoms with Crippen molar-refractivity contribution < 1.29 is 0 Å². The molecule has 21 heavy (non-hydrogen) atoms. The largest absolute Gasteiger partial charge is 0.308 e. The molecule has 1 aliphatic heterocycles. The Balaban J connectivity index is 1.87. The molecule has 1 aliphatic rings. The molecule has 118 valence electrons. The highest BCUT2D eigenvalue weighted by Crippen LogP contribution is 2.30. The Morgan fingerprint density at radius 3 is 2.33 bits per heavy atom. The summed E-state index contributed by atoms with van der Waals surface area (Å²) in [7, 11) is 0. The van der Waals surface area contributed by atoms with E-state index in [0.717, 1.165) is 13.1 Å². The molecule has 0 aliphatic carbocycles. The van der Waals surface area contributed by atoms with Gasteiger partial charge in [0.05, 0.1) is 0 Å². The van der Waals surface area contributed by atoms with Crippen molar-refractivity contribution in [2.24, 2.45) is 0 Å². The second kappa shape index (κ2) is 6.72. The third-order valence-electron chi connectivity index (χ3n) is 3.76. The second-order valence-electron chi connectivity index (χ2n) is 7.74. The van der Waals surface area contributed by atoms with Gasteiger partial charge in [0.2, 0.25) is 0 Å². The lowest BCUT2D eigenvalue weighted by Gasteiger charge is -2.37. The van der Waals surface area contributed by atoms with Crippen molar-refractivity contribution in [3.63, 3.8) is 0 Å². The molecule has 0 bridgehead atoms. The predicted octanol–water partition coefficient (Wildman–Crippen LogP) is 3.90. The van der Waals surface area contributed by atoms with Gasteiger partial charge in [-0.15, -0.1) is 0 Å². The fourth-order valence-corrected chi connectivity index (χ4v) is 3.81. The lowest BCUT2D eigenvalue weighted by molar-refractivity contribution is 0.252. The number of hydrogen-bond acceptors (Lipinski definition) is 3. The van der Waals surface area contributed by atoms with Gasteiger partial charge in [0.15, 0.2) is 0 Å². The van der Waals surface area contributed by atoms with Crippen LogP contribution in [0.4, 0.5) is 0 Å². The maximum atomic E-state index is 3.54. The van der Waals surface area contributed by atoms with Gasteiger partial charge in [-0.1, -0.05) is 24.3 Å². The van der Waals surface area contributed by atoms with Crippen LogP contribution in [0, 0.1) is 0 Å². The molecule has 2 nitrogen and oxygen atoms in total. The van der Waals surface area contributed by atoms with Gasteiger partial charge in [-0.25, -0.2) is 0 Å². The summed E-state index contributed by atoms with van der Waals surface area (Å²) in [6.45, 7) is 15.7. The van der Waals surface area contributed by atoms with Crippen LogP contribution in [0.25, 0.3) is 0 Å². The van der Waals surface area contributed by atoms with E-state index in [9.17, 15) is 0 Å². The van der Waals surface area contributed by atoms with Crippen LogP contribution in [0.3, 0.4) is 0 Å². The summed E-state index contributed by atoms with van der Waals surface area (Å²) in [4.78, 5) is 2.58. The van der Waals surface area contributed by atoms with Gasteiger partial charge in [-0.05, 0) is 45.7 Å². The number of nitrogens with zero attached hydrogens (tertiary/aromatic N) is 1. The van der Waals surface area contributed by atoms with E-state index in [1.54, 1.807) is 0 Å². The summed E-state index contributed by atoms with van der Waals surface area (Å²) < 4.78 is 0.398. The number of rotatable bonds is 4. The molecule has 0 unspecified atom stereocenters. The first-order valence-corrected chi connectivity index (χ1v) is 8.91. The van der Waals surface area contributed by atoms with Crippen molar-refractivity contribution >= 4 is 11.8 Å². The van der Waals surface area contributed by atoms with Gasteiger partial charge >= 0.3 is 0 Å². The minimum atomic E-state index is 0.176. The zero-order chi connectivity index (χ0) is 15.5. The Bertz CT molecular complexity index is 445. The number of nitrogens with one attached hydrogen (secondary N) is 1. The summed E-state index contributed by atoms with van der Waals surface area (Å²) in [6.07, 6.45) is 0. The first kappa shape index (κ1) is 16.9. The van der Waals surface area contributed by atoms with Crippen LogP contribution in [0.15, 0.2) is 24.3 Å². The first-order chi connectivity index (χ1) is 9.73. The molecular formula is C18H30N2S. The quantitative estimate of drug-likeness (QED) is 0.908. The molecule has 0 aromatic heterocycles. The lowest BCUT2D eigenvalue weighted by Crippen LogP contribution is -2.42. The van der Waals surface area contributed by atoms with E-state index < -0.39 is 0 Å². The van der Waals surface area contributed by atoms with Crippen LogP contribution in [0.1, 0.15) is 45.7 Å². The number of hydrogen-bond donors (Lipinski definition) is 1. The smallest absolute Gasteiger partial charge is 0.0234 e. The van der Waals surface area contributed by atoms with E-state index in [4.69, 9.17) is 0 Å². The molecule has 0 amide bonds. The van der Waals surface area contributed by atoms with E-state index >= 15 is 0 Å². The Labute approximate surface area is 134 Å². The zero-order valence-corrected chi connectivity index (χ0v) is 15.0. The second-order valence-corrected chi connectivity index (χ2v) is 9.54. The molecule has 1 N–H and O–H groups in total. The highest BCUT2D eigenvalue weighted by molar-refractivity contribution is 8.00. The minimum Gasteiger partial charge on any atom is -0.308 e. The molecule has 0 spiro atoms. The van der Waals surface area contributed by atoms with Crippen molar-refractivity contribution in [1.29, 1.82) is 0 Å². The first-order valence-electron chi connectivity index (χ1n) is 7.93. The third kappa shape index (κ3) is 6.01. The predicted molar refractivity (Wildman–Crippen MR) is 94.8 cm³/mol. The molecule has 2 rings (SSSR count). The molecule has 1 aromatic rings. The molecule has 3 heteroatoms. The topological polar surface area (TPSA) is 15.3 Å². The maximum Gasteiger partial charge on any atom is 0.0234 e. The SMILES string of the molecule is CC(C)(C)NCc1ccc(CN2CCSC(C)(C)C2)cc1. The van der Waals surface area contributed by atoms with Crippen LogP contribution in [0.5, 0.6) is 0 Å². The Morgan fingerprint density at radius 2 is 1.76 bits per heavy atom. The average molecular weight is 307 g/mol. The molecule has 0 radical (unpaired) electrons. The van der Waals surface area contributed by atoms with E-state index in [0.29, 0.717) is 4.75 Å². The van der Waals surface area contributed by atoms with Gasteiger partial charge in [0.1, 0.15) is 0 Å². The van der Waals surface area contributed by atoms with E-state index in [-0.39, 0.29) is 5.54 Å². The fraction of sp³-hybridized carbons (Fsp3) is 0.667. The molecule has 1 aromatic carbocycles. The summed E-state index contributed by atoms with van der Waals surface area (Å²) in [6, 6.07) is 9.10. The maximum absolute atomic E-state index is 3.54. The van der Waals surface area contributed by atoms with Crippen molar-refractivity contribution in [2.45, 2.75) is 58.0 Å². The van der Waals surface area contributed by atoms with Crippen LogP contribution in [-0.2, 0) is 13.1 Å². The van der Waals surface area contributed by atoms with Gasteiger partial charge in [-0.3, -0.25) is 4.90 Å². The van der Waals surface area contributed by atoms with Crippen LogP contribution < -0.4 is 5.32 Å². The average Bonchev–Trinajstić information content (AvgIpc) is 2.36. The van der Waals surface area contributed by atoms with E-state index in [1.807, 2.05) is 0 Å². The van der Waals surface area contributed by atoms with Crippen LogP contribution in [0.2, 0.25) is 0 Å². The summed E-state index contributed by atoms with van der Waals surface area (Å²) >= 11 is 2.10. The number of benzene rings is 1. The third-order valence-corrected chi connectivity index (χ3v) is 5.05. The summed E-state index contributed by atoms with van der Waals surface area (Å²) in [5, 5.41) is 3.54. The van der Waals surface area contributed by atoms with Crippen molar-refractivity contribution in [3.8, 4) is 0 Å². The Morgan fingerprint density at radius 1 is 1.14 bits per heavy atom.